The summed E-state index contributed by atoms with van der Waals surface area (Å²) in [6, 6.07) is 8.75. The van der Waals surface area contributed by atoms with Crippen LogP contribution < -0.4 is 10.1 Å². The Morgan fingerprint density at radius 1 is 1.53 bits per heavy atom. The van der Waals surface area contributed by atoms with Crippen LogP contribution in [-0.2, 0) is 4.79 Å². The first kappa shape index (κ1) is 15.0. The van der Waals surface area contributed by atoms with Gasteiger partial charge in [0.2, 0.25) is 0 Å². The van der Waals surface area contributed by atoms with Gasteiger partial charge < -0.3 is 15.2 Å². The van der Waals surface area contributed by atoms with Crippen molar-refractivity contribution in [3.8, 4) is 11.8 Å². The first-order valence-corrected chi connectivity index (χ1v) is 6.24. The van der Waals surface area contributed by atoms with Crippen LogP contribution in [0, 0.1) is 11.3 Å². The normalized spacial score (nSPS) is 11.4. The zero-order chi connectivity index (χ0) is 14.1. The first-order chi connectivity index (χ1) is 9.17. The number of carbonyl (C=O) groups is 1. The van der Waals surface area contributed by atoms with Crippen LogP contribution in [-0.4, -0.2) is 30.3 Å². The third kappa shape index (κ3) is 5.40. The number of nitrogens with zero attached hydrogens (tertiary/aromatic N) is 1. The van der Waals surface area contributed by atoms with Gasteiger partial charge in [-0.25, -0.2) is 0 Å². The average molecular weight is 262 g/mol. The number of benzene rings is 1. The highest BCUT2D eigenvalue weighted by Crippen LogP contribution is 2.15. The van der Waals surface area contributed by atoms with Gasteiger partial charge in [-0.3, -0.25) is 4.79 Å². The largest absolute Gasteiger partial charge is 0.482 e. The fourth-order valence-electron chi connectivity index (χ4n) is 1.46. The smallest absolute Gasteiger partial charge is 0.257 e. The number of rotatable bonds is 7. The van der Waals surface area contributed by atoms with E-state index in [1.165, 1.54) is 0 Å². The molecule has 0 fully saturated rings. The lowest BCUT2D eigenvalue weighted by Gasteiger charge is -2.10. The van der Waals surface area contributed by atoms with Crippen molar-refractivity contribution in [2.45, 2.75) is 25.9 Å². The molecule has 1 amide bonds. The number of carbonyl (C=O) groups excluding carboxylic acids is 1. The number of aliphatic hydroxyl groups excluding tert-OH is 1. The number of para-hydroxylation sites is 1. The summed E-state index contributed by atoms with van der Waals surface area (Å²) in [6.07, 6.45) is 0.805. The second-order valence-electron chi connectivity index (χ2n) is 4.10. The Kier molecular flexibility index (Phi) is 6.41. The van der Waals surface area contributed by atoms with Gasteiger partial charge in [0.25, 0.3) is 5.91 Å². The van der Waals surface area contributed by atoms with Crippen LogP contribution in [0.15, 0.2) is 24.3 Å². The van der Waals surface area contributed by atoms with E-state index in [0.29, 0.717) is 30.7 Å². The van der Waals surface area contributed by atoms with Crippen LogP contribution in [0.1, 0.15) is 25.3 Å². The van der Waals surface area contributed by atoms with Gasteiger partial charge in [-0.15, -0.1) is 0 Å². The fraction of sp³-hybridized carbons (Fsp3) is 0.429. The maximum absolute atomic E-state index is 11.5. The van der Waals surface area contributed by atoms with Gasteiger partial charge in [-0.1, -0.05) is 19.1 Å². The quantitative estimate of drug-likeness (QED) is 0.774. The highest BCUT2D eigenvalue weighted by Gasteiger charge is 2.06. The number of nitrogens with one attached hydrogen (secondary N) is 1. The Morgan fingerprint density at radius 2 is 2.26 bits per heavy atom. The number of hydrogen-bond acceptors (Lipinski definition) is 4. The van der Waals surface area contributed by atoms with Crippen LogP contribution in [0.3, 0.4) is 0 Å². The molecule has 5 heteroatoms. The lowest BCUT2D eigenvalue weighted by atomic mass is 10.2. The molecule has 102 valence electrons. The van der Waals surface area contributed by atoms with E-state index in [9.17, 15) is 9.90 Å². The monoisotopic (exact) mass is 262 g/mol. The maximum atomic E-state index is 11.5. The van der Waals surface area contributed by atoms with E-state index in [-0.39, 0.29) is 18.6 Å². The van der Waals surface area contributed by atoms with E-state index in [1.807, 2.05) is 13.0 Å². The molecular formula is C14H18N2O3. The predicted molar refractivity (Wildman–Crippen MR) is 70.6 cm³/mol. The zero-order valence-corrected chi connectivity index (χ0v) is 10.9. The summed E-state index contributed by atoms with van der Waals surface area (Å²) in [5.41, 5.74) is 0.400. The standard InChI is InChI=1S/C14H18N2O3/c1-2-12(17)7-8-16-14(18)10-19-13-6-4-3-5-11(13)9-15/h3-6,12,17H,2,7-8,10H2,1H3,(H,16,18). The van der Waals surface area contributed by atoms with Crippen LogP contribution in [0.25, 0.3) is 0 Å². The van der Waals surface area contributed by atoms with Crippen molar-refractivity contribution in [2.75, 3.05) is 13.2 Å². The Hall–Kier alpha value is -2.06. The van der Waals surface area contributed by atoms with Crippen molar-refractivity contribution in [1.29, 1.82) is 5.26 Å². The van der Waals surface area contributed by atoms with Crippen molar-refractivity contribution in [3.63, 3.8) is 0 Å². The summed E-state index contributed by atoms with van der Waals surface area (Å²) in [4.78, 5) is 11.5. The Morgan fingerprint density at radius 3 is 2.95 bits per heavy atom. The van der Waals surface area contributed by atoms with Crippen molar-refractivity contribution in [2.24, 2.45) is 0 Å². The Bertz CT molecular complexity index is 454. The molecule has 0 radical (unpaired) electrons. The van der Waals surface area contributed by atoms with E-state index >= 15 is 0 Å². The SMILES string of the molecule is CCC(O)CCNC(=O)COc1ccccc1C#N. The number of hydrogen-bond donors (Lipinski definition) is 2. The molecule has 1 rings (SSSR count). The van der Waals surface area contributed by atoms with E-state index in [2.05, 4.69) is 5.32 Å². The molecule has 0 bridgehead atoms. The second-order valence-corrected chi connectivity index (χ2v) is 4.10. The molecule has 1 aromatic rings. The van der Waals surface area contributed by atoms with Crippen LogP contribution in [0.5, 0.6) is 5.75 Å². The summed E-state index contributed by atoms with van der Waals surface area (Å²) in [6.45, 7) is 2.16. The summed E-state index contributed by atoms with van der Waals surface area (Å²) in [5, 5.41) is 20.8. The lowest BCUT2D eigenvalue weighted by Crippen LogP contribution is -2.31. The van der Waals surface area contributed by atoms with Gasteiger partial charge in [0.15, 0.2) is 6.61 Å². The van der Waals surface area contributed by atoms with Gasteiger partial charge in [-0.2, -0.15) is 5.26 Å². The highest BCUT2D eigenvalue weighted by molar-refractivity contribution is 5.77. The van der Waals surface area contributed by atoms with Gasteiger partial charge in [0.05, 0.1) is 11.7 Å². The molecule has 0 aliphatic heterocycles. The molecule has 0 aromatic heterocycles. The number of nitriles is 1. The van der Waals surface area contributed by atoms with E-state index in [4.69, 9.17) is 10.00 Å². The minimum atomic E-state index is -0.388. The minimum absolute atomic E-state index is 0.138. The average Bonchev–Trinajstić information content (AvgIpc) is 2.45. The maximum Gasteiger partial charge on any atom is 0.257 e. The highest BCUT2D eigenvalue weighted by atomic mass is 16.5. The minimum Gasteiger partial charge on any atom is -0.482 e. The molecule has 1 atom stereocenters. The second kappa shape index (κ2) is 8.11. The molecule has 19 heavy (non-hydrogen) atoms. The van der Waals surface area contributed by atoms with Gasteiger partial charge in [-0.05, 0) is 25.0 Å². The van der Waals surface area contributed by atoms with E-state index in [0.717, 1.165) is 0 Å². The van der Waals surface area contributed by atoms with Gasteiger partial charge >= 0.3 is 0 Å². The molecule has 0 saturated heterocycles. The van der Waals surface area contributed by atoms with Crippen LogP contribution in [0.4, 0.5) is 0 Å². The number of aliphatic hydroxyl groups is 1. The molecule has 0 heterocycles. The molecule has 1 aromatic carbocycles. The lowest BCUT2D eigenvalue weighted by molar-refractivity contribution is -0.123. The van der Waals surface area contributed by atoms with Crippen molar-refractivity contribution < 1.29 is 14.6 Å². The molecule has 2 N–H and O–H groups in total. The van der Waals surface area contributed by atoms with Crippen molar-refractivity contribution in [3.05, 3.63) is 29.8 Å². The first-order valence-electron chi connectivity index (χ1n) is 6.24. The van der Waals surface area contributed by atoms with Gasteiger partial charge in [0.1, 0.15) is 11.8 Å². The summed E-state index contributed by atoms with van der Waals surface area (Å²) < 4.78 is 5.28. The van der Waals surface area contributed by atoms with Crippen LogP contribution >= 0.6 is 0 Å². The molecule has 1 unspecified atom stereocenters. The Balaban J connectivity index is 2.32. The van der Waals surface area contributed by atoms with E-state index in [1.54, 1.807) is 24.3 Å². The van der Waals surface area contributed by atoms with E-state index < -0.39 is 0 Å². The summed E-state index contributed by atoms with van der Waals surface area (Å²) >= 11 is 0. The molecule has 5 nitrogen and oxygen atoms in total. The summed E-state index contributed by atoms with van der Waals surface area (Å²) in [5.74, 6) is 0.129. The summed E-state index contributed by atoms with van der Waals surface area (Å²) in [7, 11) is 0. The topological polar surface area (TPSA) is 82.3 Å². The zero-order valence-electron chi connectivity index (χ0n) is 10.9. The molecular weight excluding hydrogens is 244 g/mol. The van der Waals surface area contributed by atoms with Crippen molar-refractivity contribution >= 4 is 5.91 Å². The van der Waals surface area contributed by atoms with Crippen molar-refractivity contribution in [1.82, 2.24) is 5.32 Å². The van der Waals surface area contributed by atoms with Gasteiger partial charge in [0, 0.05) is 6.54 Å². The third-order valence-electron chi connectivity index (χ3n) is 2.64. The molecule has 0 aliphatic rings. The Labute approximate surface area is 112 Å². The van der Waals surface area contributed by atoms with Crippen LogP contribution in [0.2, 0.25) is 0 Å². The molecule has 0 saturated carbocycles. The third-order valence-corrected chi connectivity index (χ3v) is 2.64. The number of ether oxygens (including phenoxy) is 1. The fourth-order valence-corrected chi connectivity index (χ4v) is 1.46. The number of amides is 1. The molecule has 0 spiro atoms. The molecule has 0 aliphatic carbocycles. The predicted octanol–water partition coefficient (Wildman–Crippen LogP) is 1.21.